The van der Waals surface area contributed by atoms with E-state index >= 15 is 4.39 Å². The first-order valence-electron chi connectivity index (χ1n) is 11.7. The fraction of sp³-hybridized carbons (Fsp3) is 0.462. The van der Waals surface area contributed by atoms with Crippen LogP contribution in [0.5, 0.6) is 11.6 Å². The molecule has 34 heavy (non-hydrogen) atoms. The Balaban J connectivity index is 1.32. The second kappa shape index (κ2) is 8.27. The van der Waals surface area contributed by atoms with Gasteiger partial charge in [-0.25, -0.2) is 4.39 Å². The topological polar surface area (TPSA) is 96.7 Å². The minimum absolute atomic E-state index is 0.00140. The molecule has 0 spiro atoms. The van der Waals surface area contributed by atoms with Crippen LogP contribution in [-0.4, -0.2) is 50.7 Å². The number of halogens is 1. The molecule has 3 aliphatic rings. The SMILES string of the molecule is CC1C=NC(c2ccc(-c3ccc(O[C@@H]4C[C@@]5(C)CCC[C@](C)(N5)[C@@H]4F)nn3)c(O)c2)=CC1=O. The molecular formula is C26H29FN4O3. The summed E-state index contributed by atoms with van der Waals surface area (Å²) in [6.45, 7) is 5.84. The molecule has 1 aromatic heterocycles. The number of hydrogen-bond donors (Lipinski definition) is 2. The van der Waals surface area contributed by atoms with E-state index in [9.17, 15) is 9.90 Å². The fourth-order valence-corrected chi connectivity index (χ4v) is 5.40. The molecule has 2 bridgehead atoms. The summed E-state index contributed by atoms with van der Waals surface area (Å²) in [5.41, 5.74) is 1.34. The number of nitrogens with one attached hydrogen (secondary N) is 1. The molecule has 4 heterocycles. The Kier molecular flexibility index (Phi) is 5.51. The molecule has 1 unspecified atom stereocenters. The maximum absolute atomic E-state index is 15.3. The van der Waals surface area contributed by atoms with Crippen LogP contribution in [0.3, 0.4) is 0 Å². The highest BCUT2D eigenvalue weighted by atomic mass is 19.1. The Labute approximate surface area is 198 Å². The van der Waals surface area contributed by atoms with Gasteiger partial charge in [0.2, 0.25) is 5.88 Å². The van der Waals surface area contributed by atoms with Crippen molar-refractivity contribution in [3.63, 3.8) is 0 Å². The first-order chi connectivity index (χ1) is 16.2. The largest absolute Gasteiger partial charge is 0.507 e. The zero-order valence-electron chi connectivity index (χ0n) is 19.6. The second-order valence-electron chi connectivity index (χ2n) is 10.2. The number of carbonyl (C=O) groups excluding carboxylic acids is 1. The van der Waals surface area contributed by atoms with Crippen LogP contribution in [0.1, 0.15) is 52.0 Å². The number of fused-ring (bicyclic) bond motifs is 2. The number of phenolic OH excluding ortho intramolecular Hbond substituents is 1. The molecule has 1 aromatic carbocycles. The van der Waals surface area contributed by atoms with Gasteiger partial charge in [0.15, 0.2) is 12.0 Å². The lowest BCUT2D eigenvalue weighted by molar-refractivity contribution is -0.115. The van der Waals surface area contributed by atoms with Gasteiger partial charge in [-0.3, -0.25) is 9.79 Å². The van der Waals surface area contributed by atoms with Crippen LogP contribution in [0.2, 0.25) is 0 Å². The van der Waals surface area contributed by atoms with Gasteiger partial charge in [-0.2, -0.15) is 0 Å². The van der Waals surface area contributed by atoms with E-state index in [-0.39, 0.29) is 28.9 Å². The van der Waals surface area contributed by atoms with Gasteiger partial charge in [0.25, 0.3) is 0 Å². The van der Waals surface area contributed by atoms with E-state index in [2.05, 4.69) is 27.4 Å². The maximum atomic E-state index is 15.3. The van der Waals surface area contributed by atoms with Crippen molar-refractivity contribution < 1.29 is 19.0 Å². The Morgan fingerprint density at radius 3 is 2.71 bits per heavy atom. The monoisotopic (exact) mass is 464 g/mol. The summed E-state index contributed by atoms with van der Waals surface area (Å²) in [5.74, 6) is -0.00564. The number of aromatic hydroxyl groups is 1. The van der Waals surface area contributed by atoms with Crippen molar-refractivity contribution in [1.82, 2.24) is 15.5 Å². The zero-order valence-corrected chi connectivity index (χ0v) is 19.6. The predicted octanol–water partition coefficient (Wildman–Crippen LogP) is 4.26. The van der Waals surface area contributed by atoms with E-state index in [1.165, 1.54) is 6.08 Å². The lowest BCUT2D eigenvalue weighted by Crippen LogP contribution is -2.71. The van der Waals surface area contributed by atoms with Crippen molar-refractivity contribution in [2.75, 3.05) is 0 Å². The van der Waals surface area contributed by atoms with Gasteiger partial charge in [-0.15, -0.1) is 10.2 Å². The van der Waals surface area contributed by atoms with Crippen LogP contribution in [0.4, 0.5) is 4.39 Å². The molecule has 5 rings (SSSR count). The fourth-order valence-electron chi connectivity index (χ4n) is 5.40. The predicted molar refractivity (Wildman–Crippen MR) is 127 cm³/mol. The summed E-state index contributed by atoms with van der Waals surface area (Å²) in [4.78, 5) is 16.3. The van der Waals surface area contributed by atoms with E-state index < -0.39 is 17.8 Å². The number of nitrogens with zero attached hydrogens (tertiary/aromatic N) is 3. The van der Waals surface area contributed by atoms with Crippen LogP contribution in [-0.2, 0) is 4.79 Å². The smallest absolute Gasteiger partial charge is 0.233 e. The third-order valence-corrected chi connectivity index (χ3v) is 7.25. The summed E-state index contributed by atoms with van der Waals surface area (Å²) in [7, 11) is 0. The van der Waals surface area contributed by atoms with E-state index in [0.717, 1.165) is 19.3 Å². The Morgan fingerprint density at radius 2 is 2.00 bits per heavy atom. The molecule has 7 nitrogen and oxygen atoms in total. The summed E-state index contributed by atoms with van der Waals surface area (Å²) in [6.07, 6.45) is 4.68. The number of rotatable bonds is 4. The quantitative estimate of drug-likeness (QED) is 0.702. The van der Waals surface area contributed by atoms with Crippen molar-refractivity contribution in [2.24, 2.45) is 10.9 Å². The average Bonchev–Trinajstić information content (AvgIpc) is 2.79. The van der Waals surface area contributed by atoms with E-state index in [1.807, 2.05) is 6.92 Å². The standard InChI is InChI=1S/C26H29FN4O3/c1-15-14-28-19(12-20(15)32)16-5-6-17(21(33)11-16)18-7-8-23(30-29-18)34-22-13-25(2)9-4-10-26(3,31-25)24(22)27/h5-8,11-12,14-15,22,24,31,33H,4,9-10,13H2,1-3H3/t15?,22-,24-,25-,26+/m1/s1. The first-order valence-corrected chi connectivity index (χ1v) is 11.7. The van der Waals surface area contributed by atoms with Crippen molar-refractivity contribution in [3.05, 3.63) is 42.0 Å². The van der Waals surface area contributed by atoms with Crippen LogP contribution >= 0.6 is 0 Å². The van der Waals surface area contributed by atoms with Gasteiger partial charge < -0.3 is 15.2 Å². The number of carbonyl (C=O) groups is 1. The molecule has 0 radical (unpaired) electrons. The van der Waals surface area contributed by atoms with Gasteiger partial charge >= 0.3 is 0 Å². The number of ketones is 1. The molecule has 3 aliphatic heterocycles. The Morgan fingerprint density at radius 1 is 1.18 bits per heavy atom. The van der Waals surface area contributed by atoms with E-state index in [1.54, 1.807) is 43.5 Å². The van der Waals surface area contributed by atoms with Gasteiger partial charge in [0.1, 0.15) is 11.9 Å². The third kappa shape index (κ3) is 4.11. The molecular weight excluding hydrogens is 435 g/mol. The summed E-state index contributed by atoms with van der Waals surface area (Å²) in [6, 6.07) is 8.38. The molecule has 0 aliphatic carbocycles. The van der Waals surface area contributed by atoms with Crippen LogP contribution in [0.25, 0.3) is 17.0 Å². The summed E-state index contributed by atoms with van der Waals surface area (Å²) in [5, 5.41) is 22.4. The van der Waals surface area contributed by atoms with Crippen LogP contribution < -0.4 is 10.1 Å². The molecule has 2 aromatic rings. The van der Waals surface area contributed by atoms with Crippen molar-refractivity contribution in [3.8, 4) is 22.9 Å². The minimum atomic E-state index is -1.15. The number of alkyl halides is 1. The average molecular weight is 465 g/mol. The first kappa shape index (κ1) is 22.7. The molecule has 178 valence electrons. The lowest BCUT2D eigenvalue weighted by atomic mass is 9.69. The number of piperidine rings is 2. The number of ether oxygens (including phenoxy) is 1. The zero-order chi connectivity index (χ0) is 24.1. The number of phenols is 1. The highest BCUT2D eigenvalue weighted by Crippen LogP contribution is 2.42. The molecule has 5 atom stereocenters. The molecule has 8 heteroatoms. The van der Waals surface area contributed by atoms with Gasteiger partial charge in [0.05, 0.1) is 22.8 Å². The molecule has 2 fully saturated rings. The van der Waals surface area contributed by atoms with Gasteiger partial charge in [-0.05, 0) is 51.3 Å². The van der Waals surface area contributed by atoms with Gasteiger partial charge in [0, 0.05) is 41.4 Å². The highest BCUT2D eigenvalue weighted by Gasteiger charge is 2.53. The summed E-state index contributed by atoms with van der Waals surface area (Å²) >= 11 is 0. The molecule has 0 amide bonds. The number of aromatic nitrogens is 2. The molecule has 0 saturated carbocycles. The highest BCUT2D eigenvalue weighted by molar-refractivity contribution is 6.09. The molecule has 2 N–H and O–H groups in total. The Bertz CT molecular complexity index is 1180. The lowest BCUT2D eigenvalue weighted by Gasteiger charge is -2.54. The number of benzene rings is 1. The van der Waals surface area contributed by atoms with Crippen molar-refractivity contribution in [2.45, 2.75) is 69.8 Å². The van der Waals surface area contributed by atoms with Gasteiger partial charge in [-0.1, -0.05) is 13.0 Å². The molecule has 2 saturated heterocycles. The minimum Gasteiger partial charge on any atom is -0.507 e. The maximum Gasteiger partial charge on any atom is 0.233 e. The second-order valence-corrected chi connectivity index (χ2v) is 10.2. The van der Waals surface area contributed by atoms with Crippen LogP contribution in [0, 0.1) is 5.92 Å². The van der Waals surface area contributed by atoms with Crippen molar-refractivity contribution in [1.29, 1.82) is 0 Å². The van der Waals surface area contributed by atoms with E-state index in [4.69, 9.17) is 4.74 Å². The summed E-state index contributed by atoms with van der Waals surface area (Å²) < 4.78 is 21.3. The van der Waals surface area contributed by atoms with Crippen LogP contribution in [0.15, 0.2) is 41.4 Å². The third-order valence-electron chi connectivity index (χ3n) is 7.25. The normalized spacial score (nSPS) is 32.9. The number of aliphatic imine (C=N–C) groups is 1. The Hall–Kier alpha value is -3.13. The number of allylic oxidation sites excluding steroid dienone is 1. The van der Waals surface area contributed by atoms with Crippen molar-refractivity contribution >= 4 is 17.7 Å². The number of hydrogen-bond acceptors (Lipinski definition) is 7. The van der Waals surface area contributed by atoms with E-state index in [0.29, 0.717) is 28.9 Å².